The molecule has 0 aliphatic carbocycles. The van der Waals surface area contributed by atoms with Crippen LogP contribution in [0.2, 0.25) is 0 Å². The van der Waals surface area contributed by atoms with Gasteiger partial charge in [0, 0.05) is 18.8 Å². The monoisotopic (exact) mass is 540 g/mol. The normalized spacial score (nSPS) is 17.7. The highest BCUT2D eigenvalue weighted by molar-refractivity contribution is 5.56. The van der Waals surface area contributed by atoms with Crippen LogP contribution in [-0.4, -0.2) is 66.7 Å². The lowest BCUT2D eigenvalue weighted by molar-refractivity contribution is 0.119. The summed E-state index contributed by atoms with van der Waals surface area (Å²) in [5.41, 5.74) is 3.26. The summed E-state index contributed by atoms with van der Waals surface area (Å²) in [7, 11) is 4.50. The number of methoxy groups -OCH3 is 3. The maximum Gasteiger partial charge on any atom is 0.165 e. The molecule has 9 heteroatoms. The van der Waals surface area contributed by atoms with Gasteiger partial charge in [0.1, 0.15) is 6.10 Å². The molecule has 3 aromatic carbocycles. The van der Waals surface area contributed by atoms with Gasteiger partial charge in [-0.3, -0.25) is 0 Å². The molecule has 0 amide bonds. The fraction of sp³-hybridized carbons (Fsp3) is 0.400. The molecule has 0 aromatic heterocycles. The molecule has 4 rings (SSSR count). The van der Waals surface area contributed by atoms with Gasteiger partial charge in [-0.2, -0.15) is 0 Å². The molecule has 3 aromatic rings. The quantitative estimate of drug-likeness (QED) is 0.234. The zero-order chi connectivity index (χ0) is 28.1. The third kappa shape index (κ3) is 5.85. The van der Waals surface area contributed by atoms with E-state index in [1.165, 1.54) is 20.3 Å². The largest absolute Gasteiger partial charge is 0.504 e. The lowest BCUT2D eigenvalue weighted by Crippen LogP contribution is -2.26. The Labute approximate surface area is 227 Å². The molecule has 4 atom stereocenters. The van der Waals surface area contributed by atoms with E-state index in [1.807, 2.05) is 12.1 Å². The van der Waals surface area contributed by atoms with Crippen molar-refractivity contribution in [3.63, 3.8) is 0 Å². The van der Waals surface area contributed by atoms with Gasteiger partial charge in [0.05, 0.1) is 33.9 Å². The van der Waals surface area contributed by atoms with Crippen molar-refractivity contribution in [2.75, 3.05) is 41.2 Å². The van der Waals surface area contributed by atoms with Crippen molar-refractivity contribution in [2.45, 2.75) is 24.9 Å². The lowest BCUT2D eigenvalue weighted by Gasteiger charge is -2.25. The van der Waals surface area contributed by atoms with Crippen molar-refractivity contribution in [3.8, 4) is 34.5 Å². The summed E-state index contributed by atoms with van der Waals surface area (Å²) in [6.07, 6.45) is 0.413. The summed E-state index contributed by atoms with van der Waals surface area (Å²) in [4.78, 5) is 0. The number of benzene rings is 3. The van der Waals surface area contributed by atoms with E-state index in [4.69, 9.17) is 18.9 Å². The number of phenolic OH excluding ortho intramolecular Hbond substituents is 2. The highest BCUT2D eigenvalue weighted by atomic mass is 16.5. The van der Waals surface area contributed by atoms with Crippen LogP contribution < -0.4 is 18.9 Å². The number of fused-ring (bicyclic) bond motifs is 1. The molecule has 1 aliphatic heterocycles. The number of aliphatic hydroxyl groups excluding tert-OH is 3. The van der Waals surface area contributed by atoms with E-state index in [1.54, 1.807) is 37.4 Å². The van der Waals surface area contributed by atoms with Gasteiger partial charge in [-0.1, -0.05) is 18.2 Å². The first-order valence-electron chi connectivity index (χ1n) is 12.8. The number of aliphatic hydroxyl groups is 3. The molecule has 0 radical (unpaired) electrons. The smallest absolute Gasteiger partial charge is 0.165 e. The third-order valence-corrected chi connectivity index (χ3v) is 7.48. The van der Waals surface area contributed by atoms with Gasteiger partial charge in [0.2, 0.25) is 0 Å². The Bertz CT molecular complexity index is 1280. The minimum absolute atomic E-state index is 0.0106. The minimum Gasteiger partial charge on any atom is -0.504 e. The first-order valence-corrected chi connectivity index (χ1v) is 12.8. The summed E-state index contributed by atoms with van der Waals surface area (Å²) in [5.74, 6) is 0.825. The summed E-state index contributed by atoms with van der Waals surface area (Å²) >= 11 is 0. The van der Waals surface area contributed by atoms with E-state index in [9.17, 15) is 25.5 Å². The van der Waals surface area contributed by atoms with Crippen molar-refractivity contribution in [1.29, 1.82) is 0 Å². The molecule has 0 unspecified atom stereocenters. The van der Waals surface area contributed by atoms with Gasteiger partial charge in [0.15, 0.2) is 34.5 Å². The molecule has 0 fully saturated rings. The second-order valence-corrected chi connectivity index (χ2v) is 9.77. The fourth-order valence-corrected chi connectivity index (χ4v) is 5.31. The highest BCUT2D eigenvalue weighted by Gasteiger charge is 2.38. The molecule has 1 heterocycles. The second kappa shape index (κ2) is 12.5. The standard InChI is InChI=1S/C30H36O9/c1-36-26-11-17(4-6-24(26)34)8-20(14-31)21(15-32)9-18-10-22-23(16-33)29(39-30(22)28(12-18)38-3)19-5-7-25(35)27(13-19)37-2/h4-7,10-13,20-21,23,29,31-35H,8-9,14-16H2,1-3H3/t20-,21-,23-,29+/m0/s1. The van der Waals surface area contributed by atoms with Crippen LogP contribution in [0, 0.1) is 11.8 Å². The molecule has 0 bridgehead atoms. The number of aromatic hydroxyl groups is 2. The molecule has 0 saturated carbocycles. The average molecular weight is 541 g/mol. The lowest BCUT2D eigenvalue weighted by atomic mass is 9.82. The SMILES string of the molecule is COc1cc(C[C@@H](CO)[C@H](CO)Cc2cc(OC)c3c(c2)[C@H](CO)[C@@H](c2ccc(O)c(OC)c2)O3)ccc1O. The highest BCUT2D eigenvalue weighted by Crippen LogP contribution is 2.51. The number of phenols is 2. The van der Waals surface area contributed by atoms with E-state index in [2.05, 4.69) is 0 Å². The van der Waals surface area contributed by atoms with Crippen molar-refractivity contribution in [2.24, 2.45) is 11.8 Å². The van der Waals surface area contributed by atoms with Crippen LogP contribution in [0.5, 0.6) is 34.5 Å². The molecule has 9 nitrogen and oxygen atoms in total. The van der Waals surface area contributed by atoms with E-state index in [-0.39, 0.29) is 43.2 Å². The van der Waals surface area contributed by atoms with E-state index < -0.39 is 12.0 Å². The number of hydrogen-bond donors (Lipinski definition) is 5. The Morgan fingerprint density at radius 1 is 0.718 bits per heavy atom. The van der Waals surface area contributed by atoms with Crippen molar-refractivity contribution in [1.82, 2.24) is 0 Å². The van der Waals surface area contributed by atoms with Crippen LogP contribution in [0.25, 0.3) is 0 Å². The van der Waals surface area contributed by atoms with Crippen molar-refractivity contribution >= 4 is 0 Å². The summed E-state index contributed by atoms with van der Waals surface area (Å²) in [6.45, 7) is -0.460. The summed E-state index contributed by atoms with van der Waals surface area (Å²) < 4.78 is 22.4. The molecule has 0 spiro atoms. The third-order valence-electron chi connectivity index (χ3n) is 7.48. The number of hydrogen-bond acceptors (Lipinski definition) is 9. The molecule has 210 valence electrons. The van der Waals surface area contributed by atoms with Crippen LogP contribution >= 0.6 is 0 Å². The molecule has 39 heavy (non-hydrogen) atoms. The van der Waals surface area contributed by atoms with Crippen molar-refractivity contribution < 1.29 is 44.5 Å². The van der Waals surface area contributed by atoms with Crippen LogP contribution in [-0.2, 0) is 12.8 Å². The molecule has 1 aliphatic rings. The minimum atomic E-state index is -0.521. The zero-order valence-corrected chi connectivity index (χ0v) is 22.3. The summed E-state index contributed by atoms with van der Waals surface area (Å²) in [5, 5.41) is 50.8. The second-order valence-electron chi connectivity index (χ2n) is 9.77. The van der Waals surface area contributed by atoms with Gasteiger partial charge in [-0.05, 0) is 71.7 Å². The predicted molar refractivity (Wildman–Crippen MR) is 144 cm³/mol. The van der Waals surface area contributed by atoms with Crippen LogP contribution in [0.4, 0.5) is 0 Å². The van der Waals surface area contributed by atoms with Gasteiger partial charge >= 0.3 is 0 Å². The van der Waals surface area contributed by atoms with Crippen LogP contribution in [0.3, 0.4) is 0 Å². The first kappa shape index (κ1) is 28.4. The van der Waals surface area contributed by atoms with Crippen LogP contribution in [0.1, 0.15) is 34.3 Å². The predicted octanol–water partition coefficient (Wildman–Crippen LogP) is 3.34. The molecule has 0 saturated heterocycles. The number of rotatable bonds is 12. The first-order chi connectivity index (χ1) is 18.9. The van der Waals surface area contributed by atoms with Gasteiger partial charge < -0.3 is 44.5 Å². The fourth-order valence-electron chi connectivity index (χ4n) is 5.31. The maximum atomic E-state index is 10.4. The van der Waals surface area contributed by atoms with E-state index >= 15 is 0 Å². The number of ether oxygens (including phenoxy) is 4. The maximum absolute atomic E-state index is 10.4. The van der Waals surface area contributed by atoms with Gasteiger partial charge in [-0.15, -0.1) is 0 Å². The Hall–Kier alpha value is -3.66. The molecular weight excluding hydrogens is 504 g/mol. The topological polar surface area (TPSA) is 138 Å². The van der Waals surface area contributed by atoms with Gasteiger partial charge in [0.25, 0.3) is 0 Å². The van der Waals surface area contributed by atoms with E-state index in [0.29, 0.717) is 35.8 Å². The van der Waals surface area contributed by atoms with Crippen LogP contribution in [0.15, 0.2) is 48.5 Å². The van der Waals surface area contributed by atoms with Crippen molar-refractivity contribution in [3.05, 3.63) is 70.8 Å². The van der Waals surface area contributed by atoms with Gasteiger partial charge in [-0.25, -0.2) is 0 Å². The van der Waals surface area contributed by atoms with E-state index in [0.717, 1.165) is 22.3 Å². The summed E-state index contributed by atoms with van der Waals surface area (Å²) in [6, 6.07) is 13.8. The Balaban J connectivity index is 1.61. The Morgan fingerprint density at radius 3 is 1.87 bits per heavy atom. The molecular formula is C30H36O9. The molecule has 5 N–H and O–H groups in total. The average Bonchev–Trinajstić information content (AvgIpc) is 3.33. The Kier molecular flexibility index (Phi) is 9.06. The Morgan fingerprint density at radius 2 is 1.28 bits per heavy atom. The zero-order valence-electron chi connectivity index (χ0n) is 22.3.